The van der Waals surface area contributed by atoms with Crippen molar-refractivity contribution in [3.8, 4) is 0 Å². The smallest absolute Gasteiger partial charge is 0.337 e. The third-order valence-electron chi connectivity index (χ3n) is 2.24. The van der Waals surface area contributed by atoms with Crippen molar-refractivity contribution in [2.75, 3.05) is 19.8 Å². The summed E-state index contributed by atoms with van der Waals surface area (Å²) in [5.41, 5.74) is -1.37. The van der Waals surface area contributed by atoms with Crippen LogP contribution in [-0.2, 0) is 28.5 Å². The standard InChI is InChI=1S/C14H26O6/c1-11(9-17-10-15)20-14(5,6)12(16)18-7-8-19-13(2,3)4/h10-11H,7-9H2,1-6H3. The molecule has 0 radical (unpaired) electrons. The predicted molar refractivity (Wildman–Crippen MR) is 73.3 cm³/mol. The molecule has 6 nitrogen and oxygen atoms in total. The first-order valence-corrected chi connectivity index (χ1v) is 6.63. The Morgan fingerprint density at radius 2 is 1.75 bits per heavy atom. The minimum Gasteiger partial charge on any atom is -0.465 e. The van der Waals surface area contributed by atoms with E-state index in [1.165, 1.54) is 0 Å². The molecule has 0 rings (SSSR count). The first kappa shape index (κ1) is 18.9. The van der Waals surface area contributed by atoms with Gasteiger partial charge in [0.2, 0.25) is 0 Å². The van der Waals surface area contributed by atoms with E-state index in [0.717, 1.165) is 0 Å². The van der Waals surface area contributed by atoms with E-state index in [-0.39, 0.29) is 18.8 Å². The summed E-state index contributed by atoms with van der Waals surface area (Å²) >= 11 is 0. The van der Waals surface area contributed by atoms with E-state index >= 15 is 0 Å². The van der Waals surface area contributed by atoms with Crippen LogP contribution in [0.3, 0.4) is 0 Å². The van der Waals surface area contributed by atoms with E-state index in [2.05, 4.69) is 4.74 Å². The fourth-order valence-corrected chi connectivity index (χ4v) is 1.42. The van der Waals surface area contributed by atoms with Crippen molar-refractivity contribution in [2.45, 2.75) is 58.8 Å². The molecular weight excluding hydrogens is 264 g/mol. The lowest BCUT2D eigenvalue weighted by atomic mass is 10.1. The van der Waals surface area contributed by atoms with Crippen LogP contribution >= 0.6 is 0 Å². The summed E-state index contributed by atoms with van der Waals surface area (Å²) in [6.07, 6.45) is -0.395. The second-order valence-electron chi connectivity index (χ2n) is 5.97. The van der Waals surface area contributed by atoms with Crippen molar-refractivity contribution in [3.63, 3.8) is 0 Å². The van der Waals surface area contributed by atoms with Crippen LogP contribution in [0.5, 0.6) is 0 Å². The number of hydrogen-bond donors (Lipinski definition) is 0. The average Bonchev–Trinajstić information content (AvgIpc) is 2.30. The summed E-state index contributed by atoms with van der Waals surface area (Å²) in [7, 11) is 0. The topological polar surface area (TPSA) is 71.1 Å². The Balaban J connectivity index is 4.07. The Kier molecular flexibility index (Phi) is 7.75. The minimum absolute atomic E-state index is 0.0906. The summed E-state index contributed by atoms with van der Waals surface area (Å²) in [5.74, 6) is -0.479. The van der Waals surface area contributed by atoms with Gasteiger partial charge in [-0.1, -0.05) is 0 Å². The molecule has 0 saturated carbocycles. The molecule has 0 aromatic heterocycles. The summed E-state index contributed by atoms with van der Waals surface area (Å²) in [6, 6.07) is 0. The first-order chi connectivity index (χ1) is 9.08. The third kappa shape index (κ3) is 8.87. The zero-order chi connectivity index (χ0) is 15.8. The van der Waals surface area contributed by atoms with Gasteiger partial charge in [0, 0.05) is 0 Å². The molecule has 0 heterocycles. The molecule has 0 aliphatic heterocycles. The molecule has 0 aromatic carbocycles. The van der Waals surface area contributed by atoms with Gasteiger partial charge in [-0.25, -0.2) is 4.79 Å². The highest BCUT2D eigenvalue weighted by molar-refractivity contribution is 5.78. The maximum Gasteiger partial charge on any atom is 0.337 e. The largest absolute Gasteiger partial charge is 0.465 e. The van der Waals surface area contributed by atoms with Crippen LogP contribution in [-0.4, -0.2) is 49.6 Å². The molecule has 0 bridgehead atoms. The van der Waals surface area contributed by atoms with E-state index in [0.29, 0.717) is 13.1 Å². The normalized spacial score (nSPS) is 13.7. The number of carbonyl (C=O) groups is 2. The Morgan fingerprint density at radius 3 is 2.25 bits per heavy atom. The fraction of sp³-hybridized carbons (Fsp3) is 0.857. The molecule has 0 fully saturated rings. The number of esters is 1. The summed E-state index contributed by atoms with van der Waals surface area (Å²) in [4.78, 5) is 22.0. The van der Waals surface area contributed by atoms with Crippen molar-refractivity contribution in [1.82, 2.24) is 0 Å². The lowest BCUT2D eigenvalue weighted by Gasteiger charge is -2.27. The SMILES string of the molecule is CC(COC=O)OC(C)(C)C(=O)OCCOC(C)(C)C. The molecule has 0 aliphatic rings. The molecule has 20 heavy (non-hydrogen) atoms. The predicted octanol–water partition coefficient (Wildman–Crippen LogP) is 1.70. The van der Waals surface area contributed by atoms with Crippen LogP contribution in [0.4, 0.5) is 0 Å². The number of ether oxygens (including phenoxy) is 4. The summed E-state index contributed by atoms with van der Waals surface area (Å²) in [5, 5.41) is 0. The molecule has 0 spiro atoms. The minimum atomic E-state index is -1.10. The highest BCUT2D eigenvalue weighted by atomic mass is 16.6. The van der Waals surface area contributed by atoms with Crippen LogP contribution in [0.25, 0.3) is 0 Å². The molecule has 1 atom stereocenters. The van der Waals surface area contributed by atoms with Gasteiger partial charge < -0.3 is 18.9 Å². The Hall–Kier alpha value is -1.14. The van der Waals surface area contributed by atoms with E-state index in [9.17, 15) is 9.59 Å². The summed E-state index contributed by atoms with van der Waals surface area (Å²) < 4.78 is 20.6. The van der Waals surface area contributed by atoms with Gasteiger partial charge in [0.15, 0.2) is 5.60 Å². The maximum absolute atomic E-state index is 11.9. The van der Waals surface area contributed by atoms with Gasteiger partial charge in [0.05, 0.1) is 18.3 Å². The number of rotatable bonds is 9. The molecule has 0 saturated heterocycles. The Morgan fingerprint density at radius 1 is 1.15 bits per heavy atom. The van der Waals surface area contributed by atoms with Gasteiger partial charge in [-0.15, -0.1) is 0 Å². The van der Waals surface area contributed by atoms with Gasteiger partial charge in [-0.05, 0) is 41.5 Å². The van der Waals surface area contributed by atoms with Crippen molar-refractivity contribution in [2.24, 2.45) is 0 Å². The Bertz CT molecular complexity index is 305. The van der Waals surface area contributed by atoms with Crippen molar-refractivity contribution >= 4 is 12.4 Å². The molecule has 0 amide bonds. The lowest BCUT2D eigenvalue weighted by Crippen LogP contribution is -2.41. The van der Waals surface area contributed by atoms with Gasteiger partial charge in [-0.3, -0.25) is 4.79 Å². The van der Waals surface area contributed by atoms with Crippen molar-refractivity contribution < 1.29 is 28.5 Å². The highest BCUT2D eigenvalue weighted by Gasteiger charge is 2.32. The van der Waals surface area contributed by atoms with E-state index in [4.69, 9.17) is 14.2 Å². The van der Waals surface area contributed by atoms with Crippen LogP contribution in [0.2, 0.25) is 0 Å². The average molecular weight is 290 g/mol. The quantitative estimate of drug-likeness (QED) is 0.366. The molecule has 0 aromatic rings. The van der Waals surface area contributed by atoms with Crippen LogP contribution < -0.4 is 0 Å². The van der Waals surface area contributed by atoms with Gasteiger partial charge >= 0.3 is 5.97 Å². The molecular formula is C14H26O6. The van der Waals surface area contributed by atoms with Crippen molar-refractivity contribution in [1.29, 1.82) is 0 Å². The molecule has 6 heteroatoms. The van der Waals surface area contributed by atoms with Gasteiger partial charge in [0.1, 0.15) is 13.2 Å². The number of hydrogen-bond acceptors (Lipinski definition) is 6. The zero-order valence-electron chi connectivity index (χ0n) is 13.2. The van der Waals surface area contributed by atoms with Crippen LogP contribution in [0.15, 0.2) is 0 Å². The second kappa shape index (κ2) is 8.21. The monoisotopic (exact) mass is 290 g/mol. The summed E-state index contributed by atoms with van der Waals surface area (Å²) in [6.45, 7) is 11.6. The van der Waals surface area contributed by atoms with E-state index in [1.54, 1.807) is 20.8 Å². The lowest BCUT2D eigenvalue weighted by molar-refractivity contribution is -0.179. The van der Waals surface area contributed by atoms with E-state index in [1.807, 2.05) is 20.8 Å². The van der Waals surface area contributed by atoms with Crippen LogP contribution in [0, 0.1) is 0 Å². The molecule has 118 valence electrons. The fourth-order valence-electron chi connectivity index (χ4n) is 1.42. The maximum atomic E-state index is 11.9. The molecule has 0 aliphatic carbocycles. The first-order valence-electron chi connectivity index (χ1n) is 6.63. The third-order valence-corrected chi connectivity index (χ3v) is 2.24. The number of carbonyl (C=O) groups excluding carboxylic acids is 2. The highest BCUT2D eigenvalue weighted by Crippen LogP contribution is 2.15. The van der Waals surface area contributed by atoms with E-state index < -0.39 is 17.7 Å². The molecule has 0 N–H and O–H groups in total. The van der Waals surface area contributed by atoms with Crippen LogP contribution in [0.1, 0.15) is 41.5 Å². The molecule has 1 unspecified atom stereocenters. The van der Waals surface area contributed by atoms with Crippen molar-refractivity contribution in [3.05, 3.63) is 0 Å². The van der Waals surface area contributed by atoms with Gasteiger partial charge in [-0.2, -0.15) is 0 Å². The Labute approximate surface area is 120 Å². The zero-order valence-corrected chi connectivity index (χ0v) is 13.2. The second-order valence-corrected chi connectivity index (χ2v) is 5.97. The van der Waals surface area contributed by atoms with Gasteiger partial charge in [0.25, 0.3) is 6.47 Å².